The highest BCUT2D eigenvalue weighted by Crippen LogP contribution is 2.25. The lowest BCUT2D eigenvalue weighted by Crippen LogP contribution is -2.48. The number of hydrogen-bond donors (Lipinski definition) is 6. The van der Waals surface area contributed by atoms with Gasteiger partial charge in [0.1, 0.15) is 12.6 Å². The summed E-state index contributed by atoms with van der Waals surface area (Å²) in [4.78, 5) is 50.6. The Balaban J connectivity index is 0.00000151. The number of carboxylic acids is 1. The average molecular weight is 591 g/mol. The first-order chi connectivity index (χ1) is 20.6. The van der Waals surface area contributed by atoms with Crippen LogP contribution in [-0.2, 0) is 32.3 Å². The van der Waals surface area contributed by atoms with Crippen LogP contribution in [0, 0.1) is 0 Å². The Morgan fingerprint density at radius 2 is 1.33 bits per heavy atom. The molecule has 1 atom stereocenters. The van der Waals surface area contributed by atoms with E-state index in [0.29, 0.717) is 19.4 Å². The van der Waals surface area contributed by atoms with Gasteiger partial charge >= 0.3 is 6.09 Å². The third-order valence-electron chi connectivity index (χ3n) is 5.98. The molecule has 3 rings (SSSR count). The predicted octanol–water partition coefficient (Wildman–Crippen LogP) is 2.36. The fraction of sp³-hybridized carbons (Fsp3) is 0.258. The minimum Gasteiger partial charge on any atom is -0.481 e. The second kappa shape index (κ2) is 18.1. The third-order valence-corrected chi connectivity index (χ3v) is 5.98. The molecule has 0 aliphatic heterocycles. The van der Waals surface area contributed by atoms with Crippen LogP contribution in [0.1, 0.15) is 47.9 Å². The first-order valence-electron chi connectivity index (χ1n) is 13.5. The average Bonchev–Trinajstić information content (AvgIpc) is 2.97. The van der Waals surface area contributed by atoms with Gasteiger partial charge in [-0.15, -0.1) is 0 Å². The number of rotatable bonds is 13. The van der Waals surface area contributed by atoms with Crippen molar-refractivity contribution < 1.29 is 29.0 Å². The minimum absolute atomic E-state index is 0.0297. The fourth-order valence-electron chi connectivity index (χ4n) is 4.03. The van der Waals surface area contributed by atoms with Gasteiger partial charge in [-0.3, -0.25) is 19.4 Å². The summed E-state index contributed by atoms with van der Waals surface area (Å²) in [5.74, 6) is -2.06. The fourth-order valence-corrected chi connectivity index (χ4v) is 4.03. The van der Waals surface area contributed by atoms with E-state index in [1.807, 2.05) is 72.8 Å². The van der Waals surface area contributed by atoms with Gasteiger partial charge in [-0.05, 0) is 35.1 Å². The molecule has 12 nitrogen and oxygen atoms in total. The summed E-state index contributed by atoms with van der Waals surface area (Å²) in [6.45, 7) is 1.73. The van der Waals surface area contributed by atoms with Gasteiger partial charge in [0.15, 0.2) is 5.96 Å². The van der Waals surface area contributed by atoms with Crippen LogP contribution in [0.2, 0.25) is 0 Å². The summed E-state index contributed by atoms with van der Waals surface area (Å²) in [6.07, 6.45) is -0.0127. The molecule has 0 saturated heterocycles. The highest BCUT2D eigenvalue weighted by atomic mass is 16.5. The lowest BCUT2D eigenvalue weighted by Gasteiger charge is -2.23. The van der Waals surface area contributed by atoms with Crippen LogP contribution >= 0.6 is 0 Å². The predicted molar refractivity (Wildman–Crippen MR) is 163 cm³/mol. The van der Waals surface area contributed by atoms with Gasteiger partial charge in [0.2, 0.25) is 11.8 Å². The van der Waals surface area contributed by atoms with Crippen molar-refractivity contribution in [3.8, 4) is 0 Å². The number of amides is 3. The van der Waals surface area contributed by atoms with E-state index in [9.17, 15) is 14.4 Å². The molecule has 3 aromatic rings. The molecule has 0 fully saturated rings. The van der Waals surface area contributed by atoms with E-state index >= 15 is 0 Å². The first kappa shape index (κ1) is 33.8. The minimum atomic E-state index is -0.846. The largest absolute Gasteiger partial charge is 0.481 e. The molecule has 43 heavy (non-hydrogen) atoms. The maximum Gasteiger partial charge on any atom is 0.404 e. The smallest absolute Gasteiger partial charge is 0.404 e. The van der Waals surface area contributed by atoms with Crippen LogP contribution in [0.5, 0.6) is 0 Å². The molecule has 12 heteroatoms. The summed E-state index contributed by atoms with van der Waals surface area (Å²) in [7, 11) is 0. The summed E-state index contributed by atoms with van der Waals surface area (Å²) in [6, 6.07) is 25.2. The number of hydrogen-bond acceptors (Lipinski definition) is 6. The van der Waals surface area contributed by atoms with Gasteiger partial charge in [0.25, 0.3) is 5.97 Å². The Labute approximate surface area is 250 Å². The van der Waals surface area contributed by atoms with Crippen molar-refractivity contribution in [2.45, 2.75) is 44.9 Å². The van der Waals surface area contributed by atoms with E-state index in [-0.39, 0.29) is 30.9 Å². The first-order valence-corrected chi connectivity index (χ1v) is 13.5. The number of nitrogens with one attached hydrogen (secondary N) is 2. The zero-order valence-electron chi connectivity index (χ0n) is 23.9. The van der Waals surface area contributed by atoms with Crippen molar-refractivity contribution in [1.82, 2.24) is 10.6 Å². The van der Waals surface area contributed by atoms with Crippen molar-refractivity contribution >= 4 is 29.8 Å². The maximum absolute atomic E-state index is 13.6. The standard InChI is InChI=1S/C29H34N6O4.C2H4O2/c30-28(31)33-17-7-12-24(26(36)34-18-20-13-15-21(16-14-20)19-39-29(32)38)35-27(37)25(22-8-3-1-4-9-22)23-10-5-2-6-11-23;1-2(3)4/h1-6,8-11,13-16,24-25H,7,12,17-19H2,(H2,32,38)(H,34,36)(H,35,37)(H4,30,31,33);1H3,(H,3,4)/t24-;/m1./s1. The SMILES string of the molecule is CC(=O)O.NC(=O)OCc1ccc(CNC(=O)[C@@H](CCCN=C(N)N)NC(=O)C(c2ccccc2)c2ccccc2)cc1. The number of aliphatic imine (C=N–C) groups is 1. The lowest BCUT2D eigenvalue weighted by molar-refractivity contribution is -0.134. The summed E-state index contributed by atoms with van der Waals surface area (Å²) >= 11 is 0. The third kappa shape index (κ3) is 13.2. The van der Waals surface area contributed by atoms with Crippen LogP contribution in [0.3, 0.4) is 0 Å². The number of guanidine groups is 1. The molecular weight excluding hydrogens is 552 g/mol. The van der Waals surface area contributed by atoms with Gasteiger partial charge in [0, 0.05) is 20.0 Å². The number of carbonyl (C=O) groups excluding carboxylic acids is 3. The van der Waals surface area contributed by atoms with Gasteiger partial charge in [-0.25, -0.2) is 4.79 Å². The Kier molecular flexibility index (Phi) is 14.3. The van der Waals surface area contributed by atoms with Gasteiger partial charge in [0.05, 0.1) is 5.92 Å². The number of carboxylic acid groups (broad SMARTS) is 1. The van der Waals surface area contributed by atoms with E-state index in [4.69, 9.17) is 31.8 Å². The van der Waals surface area contributed by atoms with Crippen LogP contribution < -0.4 is 27.8 Å². The van der Waals surface area contributed by atoms with Crippen molar-refractivity contribution in [1.29, 1.82) is 0 Å². The van der Waals surface area contributed by atoms with Crippen LogP contribution in [0.25, 0.3) is 0 Å². The molecule has 0 aromatic heterocycles. The number of nitrogens with zero attached hydrogens (tertiary/aromatic N) is 1. The zero-order chi connectivity index (χ0) is 31.6. The maximum atomic E-state index is 13.6. The molecule has 0 unspecified atom stereocenters. The van der Waals surface area contributed by atoms with Crippen molar-refractivity contribution in [2.24, 2.45) is 22.2 Å². The van der Waals surface area contributed by atoms with Crippen molar-refractivity contribution in [2.75, 3.05) is 6.54 Å². The highest BCUT2D eigenvalue weighted by Gasteiger charge is 2.27. The van der Waals surface area contributed by atoms with E-state index in [2.05, 4.69) is 15.6 Å². The molecular formula is C31H38N6O6. The second-order valence-corrected chi connectivity index (χ2v) is 9.43. The topological polar surface area (TPSA) is 212 Å². The number of benzene rings is 3. The van der Waals surface area contributed by atoms with E-state index in [1.165, 1.54) is 0 Å². The number of ether oxygens (including phenoxy) is 1. The van der Waals surface area contributed by atoms with E-state index < -0.39 is 24.0 Å². The molecule has 3 amide bonds. The molecule has 9 N–H and O–H groups in total. The zero-order valence-corrected chi connectivity index (χ0v) is 23.9. The van der Waals surface area contributed by atoms with Crippen LogP contribution in [-0.4, -0.2) is 47.5 Å². The molecule has 0 radical (unpaired) electrons. The summed E-state index contributed by atoms with van der Waals surface area (Å²) in [5.41, 5.74) is 19.1. The van der Waals surface area contributed by atoms with Crippen molar-refractivity contribution in [3.63, 3.8) is 0 Å². The Morgan fingerprint density at radius 3 is 1.81 bits per heavy atom. The molecule has 0 bridgehead atoms. The normalized spacial score (nSPS) is 10.8. The Morgan fingerprint density at radius 1 is 0.814 bits per heavy atom. The summed E-state index contributed by atoms with van der Waals surface area (Å²) in [5, 5.41) is 13.3. The Hall–Kier alpha value is -5.39. The quantitative estimate of drug-likeness (QED) is 0.0985. The van der Waals surface area contributed by atoms with Crippen LogP contribution in [0.15, 0.2) is 89.9 Å². The highest BCUT2D eigenvalue weighted by molar-refractivity contribution is 5.92. The number of aliphatic carboxylic acids is 1. The molecule has 228 valence electrons. The van der Waals surface area contributed by atoms with Gasteiger partial charge < -0.3 is 37.7 Å². The van der Waals surface area contributed by atoms with Gasteiger partial charge in [-0.1, -0.05) is 84.9 Å². The number of nitrogens with two attached hydrogens (primary N) is 3. The molecule has 0 spiro atoms. The molecule has 3 aromatic carbocycles. The van der Waals surface area contributed by atoms with Crippen LogP contribution in [0.4, 0.5) is 4.79 Å². The monoisotopic (exact) mass is 590 g/mol. The molecule has 0 heterocycles. The van der Waals surface area contributed by atoms with E-state index in [1.54, 1.807) is 12.1 Å². The molecule has 0 saturated carbocycles. The van der Waals surface area contributed by atoms with Crippen molar-refractivity contribution in [3.05, 3.63) is 107 Å². The molecule has 0 aliphatic rings. The Bertz CT molecular complexity index is 1300. The summed E-state index contributed by atoms with van der Waals surface area (Å²) < 4.78 is 4.78. The molecule has 0 aliphatic carbocycles. The van der Waals surface area contributed by atoms with Gasteiger partial charge in [-0.2, -0.15) is 0 Å². The number of carbonyl (C=O) groups is 4. The van der Waals surface area contributed by atoms with E-state index in [0.717, 1.165) is 29.2 Å². The second-order valence-electron chi connectivity index (χ2n) is 9.43. The number of primary amides is 1. The lowest BCUT2D eigenvalue weighted by atomic mass is 9.90.